The SMILES string of the molecule is CS(=O)(=O)N1CC2(CCC2F)c2cccc(Nc3nc(Cl)nc4[nH]ccc34)c21. The summed E-state index contributed by atoms with van der Waals surface area (Å²) in [5.41, 5.74) is 1.52. The molecule has 1 saturated carbocycles. The Balaban J connectivity index is 1.68. The highest BCUT2D eigenvalue weighted by molar-refractivity contribution is 7.92. The quantitative estimate of drug-likeness (QED) is 0.631. The topological polar surface area (TPSA) is 91.0 Å². The first-order valence-electron chi connectivity index (χ1n) is 8.82. The number of para-hydroxylation sites is 1. The summed E-state index contributed by atoms with van der Waals surface area (Å²) in [5.74, 6) is 0.449. The normalized spacial score (nSPS) is 23.8. The van der Waals surface area contributed by atoms with Crippen molar-refractivity contribution in [1.82, 2.24) is 15.0 Å². The van der Waals surface area contributed by atoms with Crippen molar-refractivity contribution in [3.05, 3.63) is 41.3 Å². The zero-order chi connectivity index (χ0) is 19.7. The van der Waals surface area contributed by atoms with Gasteiger partial charge in [-0.1, -0.05) is 12.1 Å². The smallest absolute Gasteiger partial charge is 0.232 e. The number of hydrogen-bond donors (Lipinski definition) is 2. The van der Waals surface area contributed by atoms with Crippen molar-refractivity contribution in [2.75, 3.05) is 22.4 Å². The van der Waals surface area contributed by atoms with Gasteiger partial charge in [0, 0.05) is 18.2 Å². The number of alkyl halides is 1. The summed E-state index contributed by atoms with van der Waals surface area (Å²) in [6.07, 6.45) is 2.87. The fourth-order valence-electron chi connectivity index (χ4n) is 4.24. The number of hydrogen-bond acceptors (Lipinski definition) is 5. The average Bonchev–Trinajstić information content (AvgIpc) is 3.24. The van der Waals surface area contributed by atoms with Gasteiger partial charge in [-0.3, -0.25) is 4.31 Å². The maximum Gasteiger partial charge on any atom is 0.232 e. The molecule has 0 bridgehead atoms. The minimum atomic E-state index is -3.58. The molecule has 7 nitrogen and oxygen atoms in total. The molecular formula is C18H17ClFN5O2S. The molecule has 5 rings (SSSR count). The van der Waals surface area contributed by atoms with Crippen LogP contribution in [0.25, 0.3) is 11.0 Å². The summed E-state index contributed by atoms with van der Waals surface area (Å²) in [6, 6.07) is 7.18. The zero-order valence-corrected chi connectivity index (χ0v) is 16.5. The molecule has 1 aromatic carbocycles. The van der Waals surface area contributed by atoms with Crippen LogP contribution in [0.5, 0.6) is 0 Å². The van der Waals surface area contributed by atoms with E-state index in [1.807, 2.05) is 6.07 Å². The second-order valence-electron chi connectivity index (χ2n) is 7.34. The minimum absolute atomic E-state index is 0.0595. The van der Waals surface area contributed by atoms with Crippen LogP contribution >= 0.6 is 11.6 Å². The lowest BCUT2D eigenvalue weighted by molar-refractivity contribution is 0.0850. The highest BCUT2D eigenvalue weighted by atomic mass is 35.5. The van der Waals surface area contributed by atoms with Gasteiger partial charge in [-0.15, -0.1) is 0 Å². The van der Waals surface area contributed by atoms with Gasteiger partial charge in [0.2, 0.25) is 15.3 Å². The summed E-state index contributed by atoms with van der Waals surface area (Å²) in [7, 11) is -3.58. The first kappa shape index (κ1) is 17.7. The lowest BCUT2D eigenvalue weighted by Crippen LogP contribution is -2.50. The van der Waals surface area contributed by atoms with Crippen molar-refractivity contribution in [2.45, 2.75) is 24.4 Å². The van der Waals surface area contributed by atoms with Crippen LogP contribution in [0.15, 0.2) is 30.5 Å². The number of anilines is 3. The fraction of sp³-hybridized carbons (Fsp3) is 0.333. The van der Waals surface area contributed by atoms with Gasteiger partial charge < -0.3 is 10.3 Å². The largest absolute Gasteiger partial charge is 0.346 e. The number of aromatic nitrogens is 3. The molecule has 1 spiro atoms. The summed E-state index contributed by atoms with van der Waals surface area (Å²) in [6.45, 7) is 0.116. The third-order valence-corrected chi connectivity index (χ3v) is 7.01. The van der Waals surface area contributed by atoms with Crippen LogP contribution in [0.4, 0.5) is 21.6 Å². The van der Waals surface area contributed by atoms with Gasteiger partial charge in [-0.2, -0.15) is 9.97 Å². The van der Waals surface area contributed by atoms with Crippen molar-refractivity contribution in [3.8, 4) is 0 Å². The van der Waals surface area contributed by atoms with Crippen molar-refractivity contribution in [3.63, 3.8) is 0 Å². The van der Waals surface area contributed by atoms with Crippen LogP contribution in [-0.4, -0.2) is 42.3 Å². The number of H-pyrrole nitrogens is 1. The van der Waals surface area contributed by atoms with Crippen molar-refractivity contribution < 1.29 is 12.8 Å². The third kappa shape index (κ3) is 2.42. The second kappa shape index (κ2) is 5.81. The maximum atomic E-state index is 14.6. The van der Waals surface area contributed by atoms with E-state index in [1.54, 1.807) is 24.4 Å². The molecule has 1 aliphatic heterocycles. The van der Waals surface area contributed by atoms with Gasteiger partial charge in [0.25, 0.3) is 0 Å². The molecule has 2 unspecified atom stereocenters. The molecule has 0 radical (unpaired) electrons. The van der Waals surface area contributed by atoms with Crippen LogP contribution < -0.4 is 9.62 Å². The number of aromatic amines is 1. The molecule has 2 aliphatic rings. The van der Waals surface area contributed by atoms with Gasteiger partial charge in [0.15, 0.2) is 0 Å². The first-order valence-corrected chi connectivity index (χ1v) is 11.1. The summed E-state index contributed by atoms with van der Waals surface area (Å²) < 4.78 is 40.9. The lowest BCUT2D eigenvalue weighted by Gasteiger charge is -2.42. The number of halogens is 2. The Morgan fingerprint density at radius 3 is 2.86 bits per heavy atom. The van der Waals surface area contributed by atoms with E-state index in [9.17, 15) is 12.8 Å². The number of benzene rings is 1. The summed E-state index contributed by atoms with van der Waals surface area (Å²) >= 11 is 6.02. The summed E-state index contributed by atoms with van der Waals surface area (Å²) in [4.78, 5) is 11.3. The van der Waals surface area contributed by atoms with Gasteiger partial charge in [-0.25, -0.2) is 12.8 Å². The molecule has 146 valence electrons. The number of nitrogens with zero attached hydrogens (tertiary/aromatic N) is 3. The molecule has 10 heteroatoms. The molecule has 2 N–H and O–H groups in total. The van der Waals surface area contributed by atoms with E-state index in [0.717, 1.165) is 6.26 Å². The molecule has 0 amide bonds. The Hall–Kier alpha value is -2.39. The predicted octanol–water partition coefficient (Wildman–Crippen LogP) is 3.50. The van der Waals surface area contributed by atoms with Crippen LogP contribution in [0.2, 0.25) is 5.28 Å². The lowest BCUT2D eigenvalue weighted by atomic mass is 9.64. The number of fused-ring (bicyclic) bond motifs is 3. The molecule has 3 aromatic rings. The molecule has 1 fully saturated rings. The van der Waals surface area contributed by atoms with Crippen molar-refractivity contribution in [2.24, 2.45) is 0 Å². The van der Waals surface area contributed by atoms with E-state index < -0.39 is 21.6 Å². The van der Waals surface area contributed by atoms with Crippen molar-refractivity contribution in [1.29, 1.82) is 0 Å². The Morgan fingerprint density at radius 1 is 1.36 bits per heavy atom. The van der Waals surface area contributed by atoms with Crippen LogP contribution in [0, 0.1) is 0 Å². The molecule has 28 heavy (non-hydrogen) atoms. The highest BCUT2D eigenvalue weighted by Gasteiger charge is 2.56. The van der Waals surface area contributed by atoms with E-state index in [0.29, 0.717) is 46.6 Å². The molecular weight excluding hydrogens is 405 g/mol. The molecule has 2 atom stereocenters. The molecule has 2 aromatic heterocycles. The Morgan fingerprint density at radius 2 is 2.18 bits per heavy atom. The fourth-order valence-corrected chi connectivity index (χ4v) is 5.40. The number of nitrogens with one attached hydrogen (secondary N) is 2. The Labute approximate surface area is 166 Å². The number of rotatable bonds is 3. The third-order valence-electron chi connectivity index (χ3n) is 5.73. The minimum Gasteiger partial charge on any atom is -0.346 e. The zero-order valence-electron chi connectivity index (χ0n) is 14.9. The van der Waals surface area contributed by atoms with E-state index in [-0.39, 0.29) is 11.8 Å². The van der Waals surface area contributed by atoms with Crippen molar-refractivity contribution >= 4 is 49.9 Å². The van der Waals surface area contributed by atoms with E-state index in [1.165, 1.54) is 4.31 Å². The second-order valence-corrected chi connectivity index (χ2v) is 9.58. The Bertz CT molecular complexity index is 1210. The monoisotopic (exact) mass is 421 g/mol. The van der Waals surface area contributed by atoms with Crippen LogP contribution in [-0.2, 0) is 15.4 Å². The maximum absolute atomic E-state index is 14.6. The van der Waals surface area contributed by atoms with Crippen LogP contribution in [0.3, 0.4) is 0 Å². The van der Waals surface area contributed by atoms with Gasteiger partial charge in [-0.05, 0) is 42.1 Å². The summed E-state index contributed by atoms with van der Waals surface area (Å²) in [5, 5.41) is 3.97. The Kier molecular flexibility index (Phi) is 3.67. The molecule has 1 aliphatic carbocycles. The van der Waals surface area contributed by atoms with E-state index >= 15 is 0 Å². The number of sulfonamides is 1. The van der Waals surface area contributed by atoms with Crippen LogP contribution in [0.1, 0.15) is 18.4 Å². The predicted molar refractivity (Wildman–Crippen MR) is 107 cm³/mol. The van der Waals surface area contributed by atoms with Gasteiger partial charge in [0.1, 0.15) is 17.6 Å². The first-order chi connectivity index (χ1) is 13.3. The molecule has 0 saturated heterocycles. The van der Waals surface area contributed by atoms with E-state index in [4.69, 9.17) is 11.6 Å². The highest BCUT2D eigenvalue weighted by Crippen LogP contribution is 2.56. The van der Waals surface area contributed by atoms with Gasteiger partial charge >= 0.3 is 0 Å². The standard InChI is InChI=1S/C18H17ClFN5O2S/c1-28(26,27)25-9-18(7-5-13(18)20)11-3-2-4-12(14(11)25)22-16-10-6-8-21-15(10)23-17(19)24-16/h2-4,6,8,13H,5,7,9H2,1H3,(H2,21,22,23,24). The average molecular weight is 422 g/mol. The van der Waals surface area contributed by atoms with Gasteiger partial charge in [0.05, 0.1) is 23.0 Å². The van der Waals surface area contributed by atoms with E-state index in [2.05, 4.69) is 20.3 Å². The molecule has 3 heterocycles.